The van der Waals surface area contributed by atoms with Crippen LogP contribution >= 0.6 is 0 Å². The molecule has 0 heterocycles. The Hall–Kier alpha value is -1.60. The van der Waals surface area contributed by atoms with Crippen molar-refractivity contribution in [3.63, 3.8) is 0 Å². The number of carbonyl (C=O) groups is 1. The van der Waals surface area contributed by atoms with Crippen molar-refractivity contribution in [3.05, 3.63) is 29.8 Å². The molecule has 0 radical (unpaired) electrons. The molecule has 0 aromatic heterocycles. The van der Waals surface area contributed by atoms with Gasteiger partial charge in [-0.15, -0.1) is 0 Å². The van der Waals surface area contributed by atoms with Gasteiger partial charge in [0.1, 0.15) is 0 Å². The third-order valence-electron chi connectivity index (χ3n) is 2.38. The van der Waals surface area contributed by atoms with Crippen LogP contribution in [-0.2, 0) is 10.0 Å². The second-order valence-corrected chi connectivity index (χ2v) is 6.21. The molecule has 0 aliphatic heterocycles. The van der Waals surface area contributed by atoms with E-state index in [0.717, 1.165) is 0 Å². The molecule has 1 aromatic rings. The van der Waals surface area contributed by atoms with Gasteiger partial charge in [-0.2, -0.15) is 0 Å². The van der Waals surface area contributed by atoms with Crippen LogP contribution in [0.3, 0.4) is 0 Å². The molecule has 6 nitrogen and oxygen atoms in total. The Labute approximate surface area is 106 Å². The fourth-order valence-electron chi connectivity index (χ4n) is 1.24. The normalized spacial score (nSPS) is 11.5. The Morgan fingerprint density at radius 3 is 2.28 bits per heavy atom. The fraction of sp³-hybridized carbons (Fsp3) is 0.364. The first-order chi connectivity index (χ1) is 8.33. The number of nitrogens with one attached hydrogen (secondary N) is 1. The number of sulfonamides is 1. The monoisotopic (exact) mass is 272 g/mol. The number of carboxylic acid groups (broad SMARTS) is 1. The lowest BCUT2D eigenvalue weighted by Gasteiger charge is -2.12. The highest BCUT2D eigenvalue weighted by molar-refractivity contribution is 7.89. The summed E-state index contributed by atoms with van der Waals surface area (Å²) in [5.74, 6) is -1.00. The number of aromatic carboxylic acids is 1. The number of carboxylic acids is 1. The summed E-state index contributed by atoms with van der Waals surface area (Å²) in [5.41, 5.74) is 0.885. The molecule has 2 N–H and O–H groups in total. The lowest BCUT2D eigenvalue weighted by atomic mass is 10.2. The molecule has 0 amide bonds. The second-order valence-electron chi connectivity index (χ2n) is 3.91. The SMILES string of the molecule is CN(C)S(=O)(=O)CCNc1ccc(C(=O)O)cc1. The summed E-state index contributed by atoms with van der Waals surface area (Å²) in [6.07, 6.45) is 0. The van der Waals surface area contributed by atoms with E-state index in [-0.39, 0.29) is 17.9 Å². The summed E-state index contributed by atoms with van der Waals surface area (Å²) in [4.78, 5) is 10.6. The van der Waals surface area contributed by atoms with Crippen LogP contribution in [0.1, 0.15) is 10.4 Å². The van der Waals surface area contributed by atoms with Crippen LogP contribution in [0.2, 0.25) is 0 Å². The van der Waals surface area contributed by atoms with Gasteiger partial charge >= 0.3 is 5.97 Å². The number of rotatable bonds is 6. The second kappa shape index (κ2) is 5.83. The third-order valence-corrected chi connectivity index (χ3v) is 4.21. The first-order valence-corrected chi connectivity index (χ1v) is 6.91. The van der Waals surface area contributed by atoms with E-state index in [2.05, 4.69) is 5.32 Å². The minimum atomic E-state index is -3.21. The Morgan fingerprint density at radius 2 is 1.83 bits per heavy atom. The summed E-state index contributed by atoms with van der Waals surface area (Å²) in [5, 5.41) is 11.6. The first-order valence-electron chi connectivity index (χ1n) is 5.30. The van der Waals surface area contributed by atoms with Crippen molar-refractivity contribution in [1.82, 2.24) is 4.31 Å². The molecule has 7 heteroatoms. The predicted octanol–water partition coefficient (Wildman–Crippen LogP) is 0.688. The van der Waals surface area contributed by atoms with Crippen molar-refractivity contribution < 1.29 is 18.3 Å². The maximum Gasteiger partial charge on any atom is 0.335 e. The molecule has 1 rings (SSSR count). The highest BCUT2D eigenvalue weighted by Gasteiger charge is 2.12. The summed E-state index contributed by atoms with van der Waals surface area (Å²) >= 11 is 0. The molecule has 1 aromatic carbocycles. The fourth-order valence-corrected chi connectivity index (χ4v) is 1.96. The van der Waals surface area contributed by atoms with Crippen molar-refractivity contribution in [3.8, 4) is 0 Å². The molecule has 0 aliphatic rings. The van der Waals surface area contributed by atoms with E-state index in [0.29, 0.717) is 5.69 Å². The lowest BCUT2D eigenvalue weighted by molar-refractivity contribution is 0.0697. The number of anilines is 1. The molecule has 0 aliphatic carbocycles. The molecule has 0 fully saturated rings. The van der Waals surface area contributed by atoms with Gasteiger partial charge in [0.2, 0.25) is 10.0 Å². The van der Waals surface area contributed by atoms with Crippen LogP contribution in [-0.4, -0.2) is 50.2 Å². The highest BCUT2D eigenvalue weighted by Crippen LogP contribution is 2.09. The Kier molecular flexibility index (Phi) is 4.69. The van der Waals surface area contributed by atoms with E-state index in [1.54, 1.807) is 12.1 Å². The molecular weight excluding hydrogens is 256 g/mol. The predicted molar refractivity (Wildman–Crippen MR) is 69.4 cm³/mol. The largest absolute Gasteiger partial charge is 0.478 e. The topological polar surface area (TPSA) is 86.7 Å². The van der Waals surface area contributed by atoms with E-state index in [1.807, 2.05) is 0 Å². The maximum absolute atomic E-state index is 11.5. The summed E-state index contributed by atoms with van der Waals surface area (Å²) < 4.78 is 24.1. The molecule has 0 atom stereocenters. The van der Waals surface area contributed by atoms with Crippen LogP contribution < -0.4 is 5.32 Å². The zero-order chi connectivity index (χ0) is 13.8. The van der Waals surface area contributed by atoms with E-state index in [4.69, 9.17) is 5.11 Å². The van der Waals surface area contributed by atoms with Crippen LogP contribution in [0.4, 0.5) is 5.69 Å². The van der Waals surface area contributed by atoms with Crippen molar-refractivity contribution in [1.29, 1.82) is 0 Å². The van der Waals surface area contributed by atoms with Crippen molar-refractivity contribution in [2.75, 3.05) is 31.7 Å². The maximum atomic E-state index is 11.5. The number of hydrogen-bond donors (Lipinski definition) is 2. The molecule has 0 unspecified atom stereocenters. The van der Waals surface area contributed by atoms with E-state index >= 15 is 0 Å². The summed E-state index contributed by atoms with van der Waals surface area (Å²) in [6, 6.07) is 6.13. The number of hydrogen-bond acceptors (Lipinski definition) is 4. The summed E-state index contributed by atoms with van der Waals surface area (Å²) in [6.45, 7) is 0.271. The molecule has 0 spiro atoms. The molecule has 100 valence electrons. The number of benzene rings is 1. The van der Waals surface area contributed by atoms with Gasteiger partial charge in [0.25, 0.3) is 0 Å². The van der Waals surface area contributed by atoms with Gasteiger partial charge in [0, 0.05) is 26.3 Å². The third kappa shape index (κ3) is 4.01. The van der Waals surface area contributed by atoms with Gasteiger partial charge in [-0.1, -0.05) is 0 Å². The molecule has 0 saturated heterocycles. The smallest absolute Gasteiger partial charge is 0.335 e. The Bertz CT molecular complexity index is 508. The minimum Gasteiger partial charge on any atom is -0.478 e. The van der Waals surface area contributed by atoms with Crippen LogP contribution in [0.25, 0.3) is 0 Å². The minimum absolute atomic E-state index is 0.0132. The summed E-state index contributed by atoms with van der Waals surface area (Å²) in [7, 11) is -0.247. The van der Waals surface area contributed by atoms with Gasteiger partial charge in [-0.3, -0.25) is 0 Å². The van der Waals surface area contributed by atoms with Crippen molar-refractivity contribution >= 4 is 21.7 Å². The van der Waals surface area contributed by atoms with Crippen LogP contribution in [0.15, 0.2) is 24.3 Å². The van der Waals surface area contributed by atoms with Crippen LogP contribution in [0, 0.1) is 0 Å². The quantitative estimate of drug-likeness (QED) is 0.795. The number of nitrogens with zero attached hydrogens (tertiary/aromatic N) is 1. The van der Waals surface area contributed by atoms with Gasteiger partial charge in [0.15, 0.2) is 0 Å². The molecule has 0 saturated carbocycles. The zero-order valence-electron chi connectivity index (χ0n) is 10.3. The van der Waals surface area contributed by atoms with Crippen molar-refractivity contribution in [2.45, 2.75) is 0 Å². The molecular formula is C11H16N2O4S. The van der Waals surface area contributed by atoms with Crippen molar-refractivity contribution in [2.24, 2.45) is 0 Å². The molecule has 0 bridgehead atoms. The van der Waals surface area contributed by atoms with E-state index < -0.39 is 16.0 Å². The average molecular weight is 272 g/mol. The van der Waals surface area contributed by atoms with Gasteiger partial charge in [-0.25, -0.2) is 17.5 Å². The zero-order valence-corrected chi connectivity index (χ0v) is 11.1. The Morgan fingerprint density at radius 1 is 1.28 bits per heavy atom. The van der Waals surface area contributed by atoms with Gasteiger partial charge in [-0.05, 0) is 24.3 Å². The highest BCUT2D eigenvalue weighted by atomic mass is 32.2. The average Bonchev–Trinajstić information content (AvgIpc) is 2.29. The van der Waals surface area contributed by atoms with Crippen LogP contribution in [0.5, 0.6) is 0 Å². The van der Waals surface area contributed by atoms with E-state index in [9.17, 15) is 13.2 Å². The standard InChI is InChI=1S/C11H16N2O4S/c1-13(2)18(16,17)8-7-12-10-5-3-9(4-6-10)11(14)15/h3-6,12H,7-8H2,1-2H3,(H,14,15). The first kappa shape index (κ1) is 14.5. The van der Waals surface area contributed by atoms with Gasteiger partial charge < -0.3 is 10.4 Å². The molecule has 18 heavy (non-hydrogen) atoms. The lowest BCUT2D eigenvalue weighted by Crippen LogP contribution is -2.28. The van der Waals surface area contributed by atoms with E-state index in [1.165, 1.54) is 30.5 Å². The van der Waals surface area contributed by atoms with Gasteiger partial charge in [0.05, 0.1) is 11.3 Å². The Balaban J connectivity index is 2.52.